The molecule has 8 nitrogen and oxygen atoms in total. The smallest absolute Gasteiger partial charge is 0.277 e. The van der Waals surface area contributed by atoms with Crippen LogP contribution in [0.3, 0.4) is 0 Å². The van der Waals surface area contributed by atoms with E-state index in [0.717, 1.165) is 23.9 Å². The summed E-state index contributed by atoms with van der Waals surface area (Å²) in [6.45, 7) is 1.86. The van der Waals surface area contributed by atoms with Gasteiger partial charge in [0.05, 0.1) is 10.9 Å². The molecule has 25 heavy (non-hydrogen) atoms. The first kappa shape index (κ1) is 17.0. The third-order valence-electron chi connectivity index (χ3n) is 3.05. The second kappa shape index (κ2) is 7.38. The molecule has 11 heteroatoms. The largest absolute Gasteiger partial charge is 0.414 e. The molecule has 1 unspecified atom stereocenters. The van der Waals surface area contributed by atoms with Crippen LogP contribution in [0.25, 0.3) is 0 Å². The summed E-state index contributed by atoms with van der Waals surface area (Å²) in [6, 6.07) is 2.91. The Morgan fingerprint density at radius 3 is 2.96 bits per heavy atom. The Hall–Kier alpha value is -2.82. The van der Waals surface area contributed by atoms with Crippen molar-refractivity contribution in [1.29, 1.82) is 0 Å². The summed E-state index contributed by atoms with van der Waals surface area (Å²) >= 11 is 1.02. The highest BCUT2D eigenvalue weighted by atomic mass is 32.2. The first-order chi connectivity index (χ1) is 12.0. The Bertz CT molecular complexity index is 870. The SMILES string of the molecule is CC(Sc1nnc(Cn2cncn2)o1)C(=O)Nc1ccc(F)cc1F. The van der Waals surface area contributed by atoms with Crippen LogP contribution < -0.4 is 5.32 Å². The van der Waals surface area contributed by atoms with E-state index in [2.05, 4.69) is 25.6 Å². The number of hydrogen-bond donors (Lipinski definition) is 1. The summed E-state index contributed by atoms with van der Waals surface area (Å²) in [5.74, 6) is -1.74. The molecule has 0 bridgehead atoms. The lowest BCUT2D eigenvalue weighted by Crippen LogP contribution is -2.23. The molecular formula is C14H12F2N6O2S. The van der Waals surface area contributed by atoms with E-state index >= 15 is 0 Å². The molecule has 0 spiro atoms. The van der Waals surface area contributed by atoms with Crippen LogP contribution in [0, 0.1) is 11.6 Å². The standard InChI is InChI=1S/C14H12F2N6O2S/c1-8(13(23)19-11-3-2-9(15)4-10(11)16)25-14-21-20-12(24-14)5-22-7-17-6-18-22/h2-4,6-8H,5H2,1H3,(H,19,23). The number of carbonyl (C=O) groups excluding carboxylic acids is 1. The first-order valence-electron chi connectivity index (χ1n) is 7.08. The number of carbonyl (C=O) groups is 1. The maximum absolute atomic E-state index is 13.6. The van der Waals surface area contributed by atoms with Crippen LogP contribution in [-0.4, -0.2) is 36.1 Å². The monoisotopic (exact) mass is 366 g/mol. The van der Waals surface area contributed by atoms with Crippen molar-refractivity contribution in [1.82, 2.24) is 25.0 Å². The van der Waals surface area contributed by atoms with Gasteiger partial charge in [0.1, 0.15) is 30.8 Å². The molecule has 130 valence electrons. The topological polar surface area (TPSA) is 98.7 Å². The number of aromatic nitrogens is 5. The van der Waals surface area contributed by atoms with Gasteiger partial charge in [0.2, 0.25) is 11.8 Å². The fourth-order valence-corrected chi connectivity index (χ4v) is 2.53. The highest BCUT2D eigenvalue weighted by Crippen LogP contribution is 2.24. The molecule has 3 aromatic rings. The summed E-state index contributed by atoms with van der Waals surface area (Å²) in [6.07, 6.45) is 2.89. The van der Waals surface area contributed by atoms with Crippen molar-refractivity contribution in [2.45, 2.75) is 23.9 Å². The minimum Gasteiger partial charge on any atom is -0.414 e. The molecule has 2 aromatic heterocycles. The molecule has 1 atom stereocenters. The minimum absolute atomic E-state index is 0.101. The second-order valence-electron chi connectivity index (χ2n) is 4.93. The maximum atomic E-state index is 13.6. The number of nitrogens with zero attached hydrogens (tertiary/aromatic N) is 5. The molecule has 2 heterocycles. The summed E-state index contributed by atoms with van der Waals surface area (Å²) in [7, 11) is 0. The first-order valence-corrected chi connectivity index (χ1v) is 7.96. The number of rotatable bonds is 6. The number of benzene rings is 1. The van der Waals surface area contributed by atoms with Crippen LogP contribution in [0.4, 0.5) is 14.5 Å². The van der Waals surface area contributed by atoms with Gasteiger partial charge in [-0.15, -0.1) is 10.2 Å². The molecular weight excluding hydrogens is 354 g/mol. The number of thioether (sulfide) groups is 1. The third kappa shape index (κ3) is 4.38. The molecule has 0 fully saturated rings. The molecule has 1 aromatic carbocycles. The zero-order chi connectivity index (χ0) is 17.8. The summed E-state index contributed by atoms with van der Waals surface area (Å²) in [5.41, 5.74) is -0.101. The fourth-order valence-electron chi connectivity index (χ4n) is 1.83. The molecule has 1 N–H and O–H groups in total. The van der Waals surface area contributed by atoms with Crippen molar-refractivity contribution in [2.24, 2.45) is 0 Å². The van der Waals surface area contributed by atoms with E-state index < -0.39 is 22.8 Å². The van der Waals surface area contributed by atoms with Crippen LogP contribution in [0.15, 0.2) is 40.5 Å². The predicted octanol–water partition coefficient (Wildman–Crippen LogP) is 2.11. The number of halogens is 2. The van der Waals surface area contributed by atoms with Crippen molar-refractivity contribution in [3.8, 4) is 0 Å². The Morgan fingerprint density at radius 1 is 1.40 bits per heavy atom. The van der Waals surface area contributed by atoms with Gasteiger partial charge in [-0.05, 0) is 19.1 Å². The highest BCUT2D eigenvalue weighted by molar-refractivity contribution is 8.00. The van der Waals surface area contributed by atoms with E-state index in [4.69, 9.17) is 4.42 Å². The Labute approximate surface area is 144 Å². The van der Waals surface area contributed by atoms with Crippen LogP contribution in [-0.2, 0) is 11.3 Å². The van der Waals surface area contributed by atoms with E-state index in [1.54, 1.807) is 6.92 Å². The van der Waals surface area contributed by atoms with E-state index in [1.165, 1.54) is 17.3 Å². The van der Waals surface area contributed by atoms with Gasteiger partial charge in [-0.3, -0.25) is 4.79 Å². The lowest BCUT2D eigenvalue weighted by molar-refractivity contribution is -0.115. The minimum atomic E-state index is -0.849. The molecule has 1 amide bonds. The van der Waals surface area contributed by atoms with Crippen molar-refractivity contribution in [3.05, 3.63) is 48.4 Å². The van der Waals surface area contributed by atoms with E-state index in [-0.39, 0.29) is 17.5 Å². The molecule has 0 radical (unpaired) electrons. The highest BCUT2D eigenvalue weighted by Gasteiger charge is 2.19. The molecule has 0 saturated carbocycles. The lowest BCUT2D eigenvalue weighted by Gasteiger charge is -2.10. The molecule has 0 aliphatic carbocycles. The number of nitrogens with one attached hydrogen (secondary N) is 1. The van der Waals surface area contributed by atoms with Crippen molar-refractivity contribution >= 4 is 23.4 Å². The van der Waals surface area contributed by atoms with Crippen LogP contribution in [0.2, 0.25) is 0 Å². The van der Waals surface area contributed by atoms with E-state index in [9.17, 15) is 13.6 Å². The summed E-state index contributed by atoms with van der Waals surface area (Å²) in [5, 5.41) is 13.5. The van der Waals surface area contributed by atoms with Gasteiger partial charge in [-0.1, -0.05) is 11.8 Å². The van der Waals surface area contributed by atoms with Gasteiger partial charge in [0.25, 0.3) is 5.22 Å². The zero-order valence-corrected chi connectivity index (χ0v) is 13.7. The van der Waals surface area contributed by atoms with Crippen LogP contribution >= 0.6 is 11.8 Å². The second-order valence-corrected chi connectivity index (χ2v) is 6.22. The number of hydrogen-bond acceptors (Lipinski definition) is 7. The lowest BCUT2D eigenvalue weighted by atomic mass is 10.3. The van der Waals surface area contributed by atoms with Crippen LogP contribution in [0.5, 0.6) is 0 Å². The molecule has 0 saturated heterocycles. The van der Waals surface area contributed by atoms with Gasteiger partial charge >= 0.3 is 0 Å². The average Bonchev–Trinajstić information content (AvgIpc) is 3.22. The molecule has 3 rings (SSSR count). The summed E-state index contributed by atoms with van der Waals surface area (Å²) in [4.78, 5) is 15.9. The van der Waals surface area contributed by atoms with Crippen LogP contribution in [0.1, 0.15) is 12.8 Å². The molecule has 0 aliphatic rings. The van der Waals surface area contributed by atoms with Gasteiger partial charge < -0.3 is 9.73 Å². The van der Waals surface area contributed by atoms with Crippen molar-refractivity contribution in [3.63, 3.8) is 0 Å². The van der Waals surface area contributed by atoms with Gasteiger partial charge in [0, 0.05) is 6.07 Å². The van der Waals surface area contributed by atoms with Crippen molar-refractivity contribution in [2.75, 3.05) is 5.32 Å². The van der Waals surface area contributed by atoms with Gasteiger partial charge in [-0.2, -0.15) is 5.10 Å². The van der Waals surface area contributed by atoms with E-state index in [1.807, 2.05) is 0 Å². The maximum Gasteiger partial charge on any atom is 0.277 e. The number of anilines is 1. The Balaban J connectivity index is 1.58. The Kier molecular flexibility index (Phi) is 5.03. The number of amides is 1. The normalized spacial score (nSPS) is 12.1. The molecule has 0 aliphatic heterocycles. The quantitative estimate of drug-likeness (QED) is 0.667. The zero-order valence-electron chi connectivity index (χ0n) is 12.9. The van der Waals surface area contributed by atoms with E-state index in [0.29, 0.717) is 12.0 Å². The van der Waals surface area contributed by atoms with Gasteiger partial charge in [0.15, 0.2) is 0 Å². The average molecular weight is 366 g/mol. The van der Waals surface area contributed by atoms with Crippen molar-refractivity contribution < 1.29 is 18.0 Å². The van der Waals surface area contributed by atoms with Gasteiger partial charge in [-0.25, -0.2) is 18.4 Å². The fraction of sp³-hybridized carbons (Fsp3) is 0.214. The summed E-state index contributed by atoms with van der Waals surface area (Å²) < 4.78 is 33.4. The predicted molar refractivity (Wildman–Crippen MR) is 83.7 cm³/mol. The Morgan fingerprint density at radius 2 is 2.24 bits per heavy atom. The third-order valence-corrected chi connectivity index (χ3v) is 3.98.